The van der Waals surface area contributed by atoms with E-state index in [2.05, 4.69) is 52.9 Å². The number of nitrogens with zero attached hydrogens (tertiary/aromatic N) is 1. The molecule has 1 aliphatic rings. The molecule has 0 aliphatic carbocycles. The summed E-state index contributed by atoms with van der Waals surface area (Å²) in [5.74, 6) is 0. The van der Waals surface area contributed by atoms with Crippen molar-refractivity contribution in [1.82, 2.24) is 0 Å². The van der Waals surface area contributed by atoms with E-state index in [1.165, 1.54) is 11.3 Å². The highest BCUT2D eigenvalue weighted by Crippen LogP contribution is 2.27. The summed E-state index contributed by atoms with van der Waals surface area (Å²) in [4.78, 5) is 2.38. The fraction of sp³-hybridized carbons (Fsp3) is 0.571. The zero-order chi connectivity index (χ0) is 13.2. The van der Waals surface area contributed by atoms with Crippen LogP contribution < -0.4 is 10.6 Å². The standard InChI is InChI=1S/C14H21BrN2O/c1-14(2)10-17(7-8-18-14)12-4-3-11(5-6-16)13(15)9-12/h3-4,9H,5-8,10,16H2,1-2H3. The molecule has 0 aromatic heterocycles. The molecule has 1 aromatic rings. The van der Waals surface area contributed by atoms with Gasteiger partial charge in [-0.05, 0) is 44.5 Å². The van der Waals surface area contributed by atoms with Crippen LogP contribution in [-0.2, 0) is 11.2 Å². The van der Waals surface area contributed by atoms with Gasteiger partial charge in [-0.3, -0.25) is 0 Å². The molecule has 2 rings (SSSR count). The molecule has 0 bridgehead atoms. The van der Waals surface area contributed by atoms with Gasteiger partial charge in [-0.1, -0.05) is 22.0 Å². The summed E-state index contributed by atoms with van der Waals surface area (Å²) in [5, 5.41) is 0. The summed E-state index contributed by atoms with van der Waals surface area (Å²) in [6, 6.07) is 6.53. The van der Waals surface area contributed by atoms with Gasteiger partial charge in [0, 0.05) is 23.2 Å². The Morgan fingerprint density at radius 3 is 2.83 bits per heavy atom. The highest BCUT2D eigenvalue weighted by atomic mass is 79.9. The fourth-order valence-electron chi connectivity index (χ4n) is 2.33. The lowest BCUT2D eigenvalue weighted by molar-refractivity contribution is -0.0276. The van der Waals surface area contributed by atoms with Crippen LogP contribution >= 0.6 is 15.9 Å². The molecule has 100 valence electrons. The summed E-state index contributed by atoms with van der Waals surface area (Å²) in [6.07, 6.45) is 0.912. The number of morpholine rings is 1. The maximum atomic E-state index is 5.74. The molecule has 1 aliphatic heterocycles. The molecule has 1 aromatic carbocycles. The van der Waals surface area contributed by atoms with Crippen LogP contribution in [-0.4, -0.2) is 31.8 Å². The molecule has 4 heteroatoms. The highest BCUT2D eigenvalue weighted by Gasteiger charge is 2.27. The number of ether oxygens (including phenoxy) is 1. The Hall–Kier alpha value is -0.580. The van der Waals surface area contributed by atoms with Crippen molar-refractivity contribution in [3.63, 3.8) is 0 Å². The lowest BCUT2D eigenvalue weighted by Crippen LogP contribution is -2.48. The Morgan fingerprint density at radius 2 is 2.22 bits per heavy atom. The van der Waals surface area contributed by atoms with Crippen LogP contribution in [0, 0.1) is 0 Å². The van der Waals surface area contributed by atoms with E-state index < -0.39 is 0 Å². The largest absolute Gasteiger partial charge is 0.372 e. The van der Waals surface area contributed by atoms with Gasteiger partial charge >= 0.3 is 0 Å². The Balaban J connectivity index is 2.16. The predicted octanol–water partition coefficient (Wildman–Crippen LogP) is 2.57. The number of hydrogen-bond donors (Lipinski definition) is 1. The van der Waals surface area contributed by atoms with Crippen molar-refractivity contribution in [1.29, 1.82) is 0 Å². The van der Waals surface area contributed by atoms with Crippen LogP contribution in [0.25, 0.3) is 0 Å². The zero-order valence-corrected chi connectivity index (χ0v) is 12.7. The van der Waals surface area contributed by atoms with E-state index in [-0.39, 0.29) is 5.60 Å². The zero-order valence-electron chi connectivity index (χ0n) is 11.1. The number of halogens is 1. The molecule has 0 atom stereocenters. The maximum Gasteiger partial charge on any atom is 0.0801 e. The second-order valence-corrected chi connectivity index (χ2v) is 6.20. The van der Waals surface area contributed by atoms with Gasteiger partial charge in [0.15, 0.2) is 0 Å². The van der Waals surface area contributed by atoms with E-state index in [1.54, 1.807) is 0 Å². The number of hydrogen-bond acceptors (Lipinski definition) is 3. The van der Waals surface area contributed by atoms with Crippen LogP contribution in [0.1, 0.15) is 19.4 Å². The fourth-order valence-corrected chi connectivity index (χ4v) is 2.89. The van der Waals surface area contributed by atoms with Crippen LogP contribution in [0.15, 0.2) is 22.7 Å². The first-order chi connectivity index (χ1) is 8.52. The van der Waals surface area contributed by atoms with Crippen LogP contribution in [0.4, 0.5) is 5.69 Å². The minimum absolute atomic E-state index is 0.0688. The first kappa shape index (κ1) is 13.8. The third-order valence-electron chi connectivity index (χ3n) is 3.24. The minimum atomic E-state index is -0.0688. The second kappa shape index (κ2) is 5.59. The van der Waals surface area contributed by atoms with Gasteiger partial charge < -0.3 is 15.4 Å². The van der Waals surface area contributed by atoms with Gasteiger partial charge in [-0.25, -0.2) is 0 Å². The second-order valence-electron chi connectivity index (χ2n) is 5.34. The lowest BCUT2D eigenvalue weighted by Gasteiger charge is -2.39. The van der Waals surface area contributed by atoms with Gasteiger partial charge in [0.25, 0.3) is 0 Å². The molecule has 0 amide bonds. The number of anilines is 1. The van der Waals surface area contributed by atoms with Crippen molar-refractivity contribution in [3.8, 4) is 0 Å². The van der Waals surface area contributed by atoms with Crippen LogP contribution in [0.5, 0.6) is 0 Å². The molecule has 3 nitrogen and oxygen atoms in total. The summed E-state index contributed by atoms with van der Waals surface area (Å²) in [5.41, 5.74) is 8.05. The number of benzene rings is 1. The van der Waals surface area contributed by atoms with E-state index in [0.717, 1.165) is 30.6 Å². The van der Waals surface area contributed by atoms with E-state index in [1.807, 2.05) is 0 Å². The monoisotopic (exact) mass is 312 g/mol. The molecular weight excluding hydrogens is 292 g/mol. The van der Waals surface area contributed by atoms with Crippen molar-refractivity contribution >= 4 is 21.6 Å². The van der Waals surface area contributed by atoms with Gasteiger partial charge in [0.05, 0.1) is 12.2 Å². The van der Waals surface area contributed by atoms with Crippen molar-refractivity contribution in [3.05, 3.63) is 28.2 Å². The molecule has 0 unspecified atom stereocenters. The number of rotatable bonds is 3. The average molecular weight is 313 g/mol. The van der Waals surface area contributed by atoms with Gasteiger partial charge in [0.1, 0.15) is 0 Å². The molecule has 0 saturated carbocycles. The Labute approximate surface area is 117 Å². The van der Waals surface area contributed by atoms with E-state index in [0.29, 0.717) is 6.54 Å². The summed E-state index contributed by atoms with van der Waals surface area (Å²) in [6.45, 7) is 7.62. The smallest absolute Gasteiger partial charge is 0.0801 e. The predicted molar refractivity (Wildman–Crippen MR) is 79.1 cm³/mol. The Morgan fingerprint density at radius 1 is 1.44 bits per heavy atom. The number of nitrogens with two attached hydrogens (primary N) is 1. The minimum Gasteiger partial charge on any atom is -0.372 e. The average Bonchev–Trinajstić information content (AvgIpc) is 2.30. The lowest BCUT2D eigenvalue weighted by atomic mass is 10.1. The molecule has 1 heterocycles. The first-order valence-electron chi connectivity index (χ1n) is 6.39. The topological polar surface area (TPSA) is 38.5 Å². The highest BCUT2D eigenvalue weighted by molar-refractivity contribution is 9.10. The van der Waals surface area contributed by atoms with Crippen molar-refractivity contribution in [2.75, 3.05) is 31.1 Å². The van der Waals surface area contributed by atoms with E-state index in [4.69, 9.17) is 10.5 Å². The third-order valence-corrected chi connectivity index (χ3v) is 3.98. The quantitative estimate of drug-likeness (QED) is 0.932. The first-order valence-corrected chi connectivity index (χ1v) is 7.18. The van der Waals surface area contributed by atoms with Crippen molar-refractivity contribution < 1.29 is 4.74 Å². The van der Waals surface area contributed by atoms with Crippen molar-refractivity contribution in [2.45, 2.75) is 25.9 Å². The van der Waals surface area contributed by atoms with Crippen LogP contribution in [0.2, 0.25) is 0 Å². The molecule has 2 N–H and O–H groups in total. The van der Waals surface area contributed by atoms with E-state index in [9.17, 15) is 0 Å². The SMILES string of the molecule is CC1(C)CN(c2ccc(CCN)c(Br)c2)CCO1. The summed E-state index contributed by atoms with van der Waals surface area (Å²) >= 11 is 3.63. The molecule has 0 radical (unpaired) electrons. The van der Waals surface area contributed by atoms with Gasteiger partial charge in [-0.15, -0.1) is 0 Å². The molecular formula is C14H21BrN2O. The molecule has 18 heavy (non-hydrogen) atoms. The summed E-state index contributed by atoms with van der Waals surface area (Å²) in [7, 11) is 0. The van der Waals surface area contributed by atoms with Gasteiger partial charge in [-0.2, -0.15) is 0 Å². The normalized spacial score (nSPS) is 19.0. The van der Waals surface area contributed by atoms with E-state index >= 15 is 0 Å². The molecule has 1 fully saturated rings. The van der Waals surface area contributed by atoms with Crippen LogP contribution in [0.3, 0.4) is 0 Å². The van der Waals surface area contributed by atoms with Crippen molar-refractivity contribution in [2.24, 2.45) is 5.73 Å². The third kappa shape index (κ3) is 3.25. The van der Waals surface area contributed by atoms with Gasteiger partial charge in [0.2, 0.25) is 0 Å². The summed E-state index contributed by atoms with van der Waals surface area (Å²) < 4.78 is 6.89. The maximum absolute atomic E-state index is 5.74. The molecule has 1 saturated heterocycles. The molecule has 0 spiro atoms. The Bertz CT molecular complexity index is 420. The Kier molecular flexibility index (Phi) is 4.30.